The molecule has 0 aromatic carbocycles. The van der Waals surface area contributed by atoms with Gasteiger partial charge in [-0.05, 0) is 35.5 Å². The summed E-state index contributed by atoms with van der Waals surface area (Å²) in [6.45, 7) is 10.0. The second-order valence-corrected chi connectivity index (χ2v) is 7.88. The molecule has 1 radical (unpaired) electrons. The lowest BCUT2D eigenvalue weighted by Gasteiger charge is -2.62. The van der Waals surface area contributed by atoms with Crippen molar-refractivity contribution in [3.8, 4) is 0 Å². The van der Waals surface area contributed by atoms with E-state index in [2.05, 4.69) is 35.0 Å². The summed E-state index contributed by atoms with van der Waals surface area (Å²) in [7, 11) is 2.79. The minimum atomic E-state index is 0.658. The first-order valence-corrected chi connectivity index (χ1v) is 7.85. The zero-order valence-corrected chi connectivity index (χ0v) is 12.1. The summed E-state index contributed by atoms with van der Waals surface area (Å²) in [5.74, 6) is 5.84. The minimum absolute atomic E-state index is 0.658. The van der Waals surface area contributed by atoms with Crippen LogP contribution in [0.1, 0.15) is 59.8 Å². The first-order valence-electron chi connectivity index (χ1n) is 7.85. The van der Waals surface area contributed by atoms with Crippen molar-refractivity contribution in [2.45, 2.75) is 71.4 Å². The van der Waals surface area contributed by atoms with Gasteiger partial charge < -0.3 is 0 Å². The van der Waals surface area contributed by atoms with Crippen molar-refractivity contribution in [3.05, 3.63) is 0 Å². The molecule has 1 heteroatoms. The lowest BCUT2D eigenvalue weighted by Crippen LogP contribution is -2.54. The van der Waals surface area contributed by atoms with Crippen LogP contribution < -0.4 is 0 Å². The third-order valence-corrected chi connectivity index (χ3v) is 6.84. The first-order chi connectivity index (χ1) is 8.00. The fourth-order valence-electron chi connectivity index (χ4n) is 5.22. The van der Waals surface area contributed by atoms with Gasteiger partial charge in [-0.1, -0.05) is 65.0 Å². The van der Waals surface area contributed by atoms with Gasteiger partial charge in [0.2, 0.25) is 0 Å². The van der Waals surface area contributed by atoms with Gasteiger partial charge in [-0.25, -0.2) is 0 Å². The molecule has 0 heterocycles. The van der Waals surface area contributed by atoms with Crippen molar-refractivity contribution in [1.29, 1.82) is 0 Å². The molecule has 4 rings (SSSR count). The average molecular weight is 231 g/mol. The Morgan fingerprint density at radius 3 is 2.29 bits per heavy atom. The average Bonchev–Trinajstić information content (AvgIpc) is 2.66. The zero-order chi connectivity index (χ0) is 12.2. The molecule has 4 fully saturated rings. The smallest absolute Gasteiger partial charge is 0.0660 e. The molecule has 0 N–H and O–H groups in total. The van der Waals surface area contributed by atoms with Gasteiger partial charge in [-0.2, -0.15) is 0 Å². The van der Waals surface area contributed by atoms with E-state index in [1.807, 2.05) is 0 Å². The highest BCUT2D eigenvalue weighted by Gasteiger charge is 2.56. The van der Waals surface area contributed by atoms with Crippen LogP contribution in [0.25, 0.3) is 0 Å². The minimum Gasteiger partial charge on any atom is -0.0660 e. The molecule has 17 heavy (non-hydrogen) atoms. The summed E-state index contributed by atoms with van der Waals surface area (Å²) < 4.78 is 0. The van der Waals surface area contributed by atoms with Gasteiger partial charge in [-0.15, -0.1) is 0 Å². The Kier molecular flexibility index (Phi) is 2.87. The molecule has 0 amide bonds. The molecule has 0 aromatic rings. The van der Waals surface area contributed by atoms with Crippen LogP contribution >= 0.6 is 0 Å². The Hall–Kier alpha value is 0.0649. The van der Waals surface area contributed by atoms with Gasteiger partial charge in [0.05, 0.1) is 0 Å². The summed E-state index contributed by atoms with van der Waals surface area (Å²) in [5.41, 5.74) is 0.658. The van der Waals surface area contributed by atoms with Gasteiger partial charge in [-0.3, -0.25) is 0 Å². The first kappa shape index (κ1) is 12.1. The van der Waals surface area contributed by atoms with Gasteiger partial charge in [0.15, 0.2) is 0 Å². The molecule has 0 saturated heterocycles. The SMILES string of the molecule is CC1CCCC1[B]C1C[C@H]2C[C@@H]([C@H]1C)C2(C)C. The summed E-state index contributed by atoms with van der Waals surface area (Å²) in [6.07, 6.45) is 7.44. The van der Waals surface area contributed by atoms with Crippen molar-refractivity contribution in [1.82, 2.24) is 0 Å². The maximum Gasteiger partial charge on any atom is 0.118 e. The molecular weight excluding hydrogens is 203 g/mol. The predicted octanol–water partition coefficient (Wildman–Crippen LogP) is 4.79. The Labute approximate surface area is 108 Å². The van der Waals surface area contributed by atoms with E-state index < -0.39 is 0 Å². The van der Waals surface area contributed by atoms with E-state index in [-0.39, 0.29) is 0 Å². The number of hydrogen-bond acceptors (Lipinski definition) is 0. The maximum atomic E-state index is 2.79. The summed E-state index contributed by atoms with van der Waals surface area (Å²) in [6, 6.07) is 0. The van der Waals surface area contributed by atoms with Gasteiger partial charge >= 0.3 is 0 Å². The molecule has 0 aliphatic heterocycles. The normalized spacial score (nSPS) is 52.0. The fourth-order valence-corrected chi connectivity index (χ4v) is 5.22. The molecule has 4 saturated carbocycles. The van der Waals surface area contributed by atoms with Crippen molar-refractivity contribution in [2.24, 2.45) is 29.1 Å². The molecular formula is C16H28B. The Morgan fingerprint density at radius 1 is 1.00 bits per heavy atom. The quantitative estimate of drug-likeness (QED) is 0.599. The highest BCUT2D eigenvalue weighted by Crippen LogP contribution is 2.65. The van der Waals surface area contributed by atoms with Crippen LogP contribution in [0.15, 0.2) is 0 Å². The Bertz CT molecular complexity index is 296. The lowest BCUT2D eigenvalue weighted by molar-refractivity contribution is -0.0987. The van der Waals surface area contributed by atoms with E-state index in [0.717, 1.165) is 35.3 Å². The monoisotopic (exact) mass is 231 g/mol. The Morgan fingerprint density at radius 2 is 1.76 bits per heavy atom. The summed E-state index contributed by atoms with van der Waals surface area (Å²) >= 11 is 0. The number of hydrogen-bond donors (Lipinski definition) is 0. The largest absolute Gasteiger partial charge is 0.118 e. The zero-order valence-electron chi connectivity index (χ0n) is 12.1. The van der Waals surface area contributed by atoms with E-state index in [9.17, 15) is 0 Å². The molecule has 4 aliphatic rings. The van der Waals surface area contributed by atoms with E-state index in [1.165, 1.54) is 32.1 Å². The van der Waals surface area contributed by atoms with Crippen molar-refractivity contribution in [3.63, 3.8) is 0 Å². The molecule has 95 valence electrons. The lowest BCUT2D eigenvalue weighted by atomic mass is 9.35. The highest BCUT2D eigenvalue weighted by molar-refractivity contribution is 6.40. The van der Waals surface area contributed by atoms with Crippen LogP contribution in [0, 0.1) is 29.1 Å². The number of rotatable bonds is 2. The highest BCUT2D eigenvalue weighted by atomic mass is 14.6. The van der Waals surface area contributed by atoms with E-state index in [1.54, 1.807) is 0 Å². The van der Waals surface area contributed by atoms with Crippen LogP contribution in [0.5, 0.6) is 0 Å². The summed E-state index contributed by atoms with van der Waals surface area (Å²) in [5, 5.41) is 0. The van der Waals surface area contributed by atoms with Gasteiger partial charge in [0.1, 0.15) is 7.28 Å². The van der Waals surface area contributed by atoms with Crippen LogP contribution in [0.2, 0.25) is 11.6 Å². The molecule has 0 nitrogen and oxygen atoms in total. The van der Waals surface area contributed by atoms with E-state index in [4.69, 9.17) is 0 Å². The van der Waals surface area contributed by atoms with E-state index >= 15 is 0 Å². The van der Waals surface area contributed by atoms with Crippen LogP contribution in [-0.2, 0) is 0 Å². The summed E-state index contributed by atoms with van der Waals surface area (Å²) in [4.78, 5) is 0. The van der Waals surface area contributed by atoms with Crippen molar-refractivity contribution in [2.75, 3.05) is 0 Å². The standard InChI is InChI=1S/C16H28B/c1-10-6-5-7-14(10)17-15-9-12-8-13(11(15)2)16(12,3)4/h10-15H,5-9H2,1-4H3/t10?,11-,12-,13+,14?,15?/m1/s1. The van der Waals surface area contributed by atoms with Crippen LogP contribution in [0.4, 0.5) is 0 Å². The third-order valence-electron chi connectivity index (χ3n) is 6.84. The van der Waals surface area contributed by atoms with Crippen molar-refractivity contribution >= 4 is 7.28 Å². The van der Waals surface area contributed by atoms with Crippen LogP contribution in [-0.4, -0.2) is 7.28 Å². The topological polar surface area (TPSA) is 0 Å². The molecule has 6 atom stereocenters. The predicted molar refractivity (Wildman–Crippen MR) is 75.4 cm³/mol. The fraction of sp³-hybridized carbons (Fsp3) is 1.00. The number of fused-ring (bicyclic) bond motifs is 2. The van der Waals surface area contributed by atoms with Gasteiger partial charge in [0, 0.05) is 0 Å². The second-order valence-electron chi connectivity index (χ2n) is 7.88. The molecule has 0 aromatic heterocycles. The third kappa shape index (κ3) is 1.80. The molecule has 3 unspecified atom stereocenters. The van der Waals surface area contributed by atoms with Crippen molar-refractivity contribution < 1.29 is 0 Å². The molecule has 0 spiro atoms. The van der Waals surface area contributed by atoms with E-state index in [0.29, 0.717) is 5.41 Å². The van der Waals surface area contributed by atoms with Gasteiger partial charge in [0.25, 0.3) is 0 Å². The second kappa shape index (κ2) is 4.03. The maximum absolute atomic E-state index is 2.79. The van der Waals surface area contributed by atoms with Crippen LogP contribution in [0.3, 0.4) is 0 Å². The molecule has 4 aliphatic carbocycles. The Balaban J connectivity index is 1.63. The molecule has 2 bridgehead atoms.